The van der Waals surface area contributed by atoms with Crippen molar-refractivity contribution in [1.29, 1.82) is 0 Å². The van der Waals surface area contributed by atoms with Gasteiger partial charge in [0.1, 0.15) is 5.01 Å². The van der Waals surface area contributed by atoms with Gasteiger partial charge in [-0.05, 0) is 6.42 Å². The van der Waals surface area contributed by atoms with E-state index in [-0.39, 0.29) is 18.9 Å². The predicted octanol–water partition coefficient (Wildman–Crippen LogP) is 3.47. The molecule has 23 heavy (non-hydrogen) atoms. The zero-order valence-corrected chi connectivity index (χ0v) is 13.2. The van der Waals surface area contributed by atoms with Gasteiger partial charge in [0, 0.05) is 35.9 Å². The summed E-state index contributed by atoms with van der Waals surface area (Å²) in [6.45, 7) is 0.622. The zero-order valence-electron chi connectivity index (χ0n) is 12.4. The van der Waals surface area contributed by atoms with Crippen LogP contribution in [0.4, 0.5) is 8.78 Å². The average molecular weight is 334 g/mol. The smallest absolute Gasteiger partial charge is 0.256 e. The number of hydrogen-bond donors (Lipinski definition) is 0. The lowest BCUT2D eigenvalue weighted by atomic mass is 10.1. The van der Waals surface area contributed by atoms with Gasteiger partial charge in [0.25, 0.3) is 5.92 Å². The molecule has 2 aromatic rings. The van der Waals surface area contributed by atoms with E-state index in [4.69, 9.17) is 0 Å². The Bertz CT molecular complexity index is 731. The first kappa shape index (κ1) is 14.8. The van der Waals surface area contributed by atoms with Crippen molar-refractivity contribution in [2.45, 2.75) is 18.8 Å². The summed E-state index contributed by atoms with van der Waals surface area (Å²) in [5.74, 6) is -3.79. The lowest BCUT2D eigenvalue weighted by molar-refractivity contribution is -0.131. The van der Waals surface area contributed by atoms with E-state index < -0.39 is 17.8 Å². The van der Waals surface area contributed by atoms with E-state index in [0.717, 1.165) is 10.6 Å². The molecule has 4 rings (SSSR count). The van der Waals surface area contributed by atoms with Gasteiger partial charge in [0.15, 0.2) is 0 Å². The number of halogens is 2. The molecule has 1 aliphatic carbocycles. The van der Waals surface area contributed by atoms with Crippen molar-refractivity contribution in [2.24, 2.45) is 11.8 Å². The van der Waals surface area contributed by atoms with Gasteiger partial charge in [0.2, 0.25) is 5.91 Å². The molecule has 0 N–H and O–H groups in total. The number of likely N-dealkylation sites (tertiary alicyclic amines) is 1. The molecule has 1 aromatic carbocycles. The van der Waals surface area contributed by atoms with Gasteiger partial charge in [-0.1, -0.05) is 30.3 Å². The maximum absolute atomic E-state index is 13.4. The summed E-state index contributed by atoms with van der Waals surface area (Å²) in [5.41, 5.74) is 1.73. The second-order valence-corrected chi connectivity index (χ2v) is 7.06. The molecule has 3 nitrogen and oxygen atoms in total. The number of thiazole rings is 1. The van der Waals surface area contributed by atoms with E-state index in [1.54, 1.807) is 4.90 Å². The molecule has 1 amide bonds. The van der Waals surface area contributed by atoms with Crippen molar-refractivity contribution in [3.05, 3.63) is 41.4 Å². The third-order valence-electron chi connectivity index (χ3n) is 4.75. The minimum atomic E-state index is -2.56. The summed E-state index contributed by atoms with van der Waals surface area (Å²) >= 11 is 1.50. The Balaban J connectivity index is 1.41. The first-order valence-corrected chi connectivity index (χ1v) is 8.59. The second-order valence-electron chi connectivity index (χ2n) is 6.20. The van der Waals surface area contributed by atoms with E-state index in [0.29, 0.717) is 18.7 Å². The molecule has 2 aliphatic rings. The summed E-state index contributed by atoms with van der Waals surface area (Å²) in [6, 6.07) is 9.79. The number of benzene rings is 1. The van der Waals surface area contributed by atoms with Crippen LogP contribution in [0.3, 0.4) is 0 Å². The summed E-state index contributed by atoms with van der Waals surface area (Å²) in [6.07, 6.45) is 0.599. The Hall–Kier alpha value is -1.82. The van der Waals surface area contributed by atoms with E-state index >= 15 is 0 Å². The second kappa shape index (κ2) is 5.37. The number of carbonyl (C=O) groups excluding carboxylic acids is 1. The van der Waals surface area contributed by atoms with Gasteiger partial charge in [-0.25, -0.2) is 13.8 Å². The standard InChI is InChI=1S/C17H16F2N2OS/c18-17(19)13-6-7-21(9-14(13)17)15(22)8-12-10-23-16(20-12)11-4-2-1-3-5-11/h1-5,10,13-14H,6-9H2. The molecule has 2 atom stereocenters. The molecule has 1 saturated heterocycles. The van der Waals surface area contributed by atoms with Crippen LogP contribution in [0.1, 0.15) is 12.1 Å². The molecule has 1 aliphatic heterocycles. The fraction of sp³-hybridized carbons (Fsp3) is 0.412. The van der Waals surface area contributed by atoms with Crippen molar-refractivity contribution in [3.63, 3.8) is 0 Å². The van der Waals surface area contributed by atoms with Crippen LogP contribution in [0.2, 0.25) is 0 Å². The van der Waals surface area contributed by atoms with Crippen LogP contribution in [-0.2, 0) is 11.2 Å². The fourth-order valence-corrected chi connectivity index (χ4v) is 4.15. The van der Waals surface area contributed by atoms with Crippen LogP contribution in [0, 0.1) is 11.8 Å². The van der Waals surface area contributed by atoms with Crippen LogP contribution in [-0.4, -0.2) is 34.8 Å². The minimum absolute atomic E-state index is 0.101. The van der Waals surface area contributed by atoms with Crippen molar-refractivity contribution in [3.8, 4) is 10.6 Å². The van der Waals surface area contributed by atoms with Crippen LogP contribution >= 0.6 is 11.3 Å². The van der Waals surface area contributed by atoms with Crippen LogP contribution < -0.4 is 0 Å². The van der Waals surface area contributed by atoms with Crippen LogP contribution in [0.15, 0.2) is 35.7 Å². The Kier molecular flexibility index (Phi) is 3.44. The zero-order chi connectivity index (χ0) is 16.0. The van der Waals surface area contributed by atoms with Gasteiger partial charge in [-0.3, -0.25) is 4.79 Å². The van der Waals surface area contributed by atoms with Crippen LogP contribution in [0.5, 0.6) is 0 Å². The van der Waals surface area contributed by atoms with E-state index in [1.165, 1.54) is 11.3 Å². The monoisotopic (exact) mass is 334 g/mol. The molecule has 2 fully saturated rings. The van der Waals surface area contributed by atoms with E-state index in [1.807, 2.05) is 35.7 Å². The maximum atomic E-state index is 13.4. The molecular weight excluding hydrogens is 318 g/mol. The summed E-state index contributed by atoms with van der Waals surface area (Å²) in [5, 5.41) is 2.75. The lowest BCUT2D eigenvalue weighted by Gasteiger charge is -2.25. The molecule has 0 spiro atoms. The number of fused-ring (bicyclic) bond motifs is 1. The fourth-order valence-electron chi connectivity index (χ4n) is 3.32. The number of rotatable bonds is 3. The quantitative estimate of drug-likeness (QED) is 0.861. The van der Waals surface area contributed by atoms with Gasteiger partial charge < -0.3 is 4.90 Å². The molecule has 120 valence electrons. The Morgan fingerprint density at radius 3 is 2.83 bits per heavy atom. The predicted molar refractivity (Wildman–Crippen MR) is 84.4 cm³/mol. The topological polar surface area (TPSA) is 33.2 Å². The number of aromatic nitrogens is 1. The lowest BCUT2D eigenvalue weighted by Crippen LogP contribution is -2.38. The number of hydrogen-bond acceptors (Lipinski definition) is 3. The van der Waals surface area contributed by atoms with Crippen LogP contribution in [0.25, 0.3) is 10.6 Å². The molecule has 6 heteroatoms. The number of amides is 1. The summed E-state index contributed by atoms with van der Waals surface area (Å²) in [4.78, 5) is 18.4. The first-order chi connectivity index (χ1) is 11.1. The van der Waals surface area contributed by atoms with E-state index in [9.17, 15) is 13.6 Å². The molecule has 2 heterocycles. The largest absolute Gasteiger partial charge is 0.342 e. The molecule has 1 saturated carbocycles. The number of alkyl halides is 2. The van der Waals surface area contributed by atoms with Crippen molar-refractivity contribution >= 4 is 17.2 Å². The van der Waals surface area contributed by atoms with Crippen molar-refractivity contribution in [2.75, 3.05) is 13.1 Å². The molecule has 2 unspecified atom stereocenters. The number of piperidine rings is 1. The normalized spacial score (nSPS) is 25.0. The Morgan fingerprint density at radius 1 is 1.30 bits per heavy atom. The van der Waals surface area contributed by atoms with Gasteiger partial charge >= 0.3 is 0 Å². The third kappa shape index (κ3) is 2.65. The highest BCUT2D eigenvalue weighted by Crippen LogP contribution is 2.59. The van der Waals surface area contributed by atoms with Gasteiger partial charge in [-0.2, -0.15) is 0 Å². The third-order valence-corrected chi connectivity index (χ3v) is 5.69. The Morgan fingerprint density at radius 2 is 2.09 bits per heavy atom. The van der Waals surface area contributed by atoms with Gasteiger partial charge in [0.05, 0.1) is 12.1 Å². The molecule has 0 bridgehead atoms. The number of carbonyl (C=O) groups is 1. The highest BCUT2D eigenvalue weighted by molar-refractivity contribution is 7.13. The molecule has 1 aromatic heterocycles. The summed E-state index contributed by atoms with van der Waals surface area (Å²) in [7, 11) is 0. The maximum Gasteiger partial charge on any atom is 0.256 e. The average Bonchev–Trinajstić information content (AvgIpc) is 2.91. The highest BCUT2D eigenvalue weighted by atomic mass is 32.1. The summed E-state index contributed by atoms with van der Waals surface area (Å²) < 4.78 is 26.8. The van der Waals surface area contributed by atoms with E-state index in [2.05, 4.69) is 4.98 Å². The molecule has 0 radical (unpaired) electrons. The SMILES string of the molecule is O=C(Cc1csc(-c2ccccc2)n1)N1CCC2C(C1)C2(F)F. The highest BCUT2D eigenvalue weighted by Gasteiger charge is 2.69. The number of nitrogens with zero attached hydrogens (tertiary/aromatic N) is 2. The first-order valence-electron chi connectivity index (χ1n) is 7.71. The van der Waals surface area contributed by atoms with Gasteiger partial charge in [-0.15, -0.1) is 11.3 Å². The molecular formula is C17H16F2N2OS. The minimum Gasteiger partial charge on any atom is -0.342 e. The van der Waals surface area contributed by atoms with Crippen molar-refractivity contribution < 1.29 is 13.6 Å². The Labute approximate surface area is 137 Å². The van der Waals surface area contributed by atoms with Crippen molar-refractivity contribution in [1.82, 2.24) is 9.88 Å².